The minimum Gasteiger partial charge on any atom is -0.444 e. The van der Waals surface area contributed by atoms with Crippen LogP contribution in [-0.4, -0.2) is 41.8 Å². The molecule has 170 valence electrons. The van der Waals surface area contributed by atoms with Gasteiger partial charge in [0.05, 0.1) is 11.3 Å². The molecular formula is C21H30FN5O4. The first-order valence-electron chi connectivity index (χ1n) is 10.1. The van der Waals surface area contributed by atoms with Crippen molar-refractivity contribution in [1.29, 1.82) is 5.41 Å². The van der Waals surface area contributed by atoms with Gasteiger partial charge in [-0.25, -0.2) is 9.18 Å². The maximum Gasteiger partial charge on any atom is 0.407 e. The number of carbonyl (C=O) groups is 3. The molecule has 1 saturated carbocycles. The topological polar surface area (TPSA) is 132 Å². The van der Waals surface area contributed by atoms with Crippen LogP contribution in [0.25, 0.3) is 0 Å². The largest absolute Gasteiger partial charge is 0.444 e. The fourth-order valence-electron chi connectivity index (χ4n) is 3.07. The number of hydrazine groups is 1. The van der Waals surface area contributed by atoms with E-state index in [-0.39, 0.29) is 29.3 Å². The predicted molar refractivity (Wildman–Crippen MR) is 115 cm³/mol. The van der Waals surface area contributed by atoms with E-state index in [1.54, 1.807) is 34.6 Å². The Morgan fingerprint density at radius 2 is 2.00 bits per heavy atom. The lowest BCUT2D eigenvalue weighted by Gasteiger charge is -2.23. The van der Waals surface area contributed by atoms with Gasteiger partial charge in [0, 0.05) is 29.8 Å². The van der Waals surface area contributed by atoms with Gasteiger partial charge in [-0.05, 0) is 59.1 Å². The van der Waals surface area contributed by atoms with E-state index in [2.05, 4.69) is 21.5 Å². The van der Waals surface area contributed by atoms with E-state index in [9.17, 15) is 18.8 Å². The summed E-state index contributed by atoms with van der Waals surface area (Å²) in [5.74, 6) is -1.40. The van der Waals surface area contributed by atoms with Crippen LogP contribution in [0.3, 0.4) is 0 Å². The van der Waals surface area contributed by atoms with Gasteiger partial charge in [-0.15, -0.1) is 0 Å². The van der Waals surface area contributed by atoms with E-state index >= 15 is 0 Å². The van der Waals surface area contributed by atoms with Crippen LogP contribution in [0.4, 0.5) is 14.9 Å². The number of hydrogen-bond donors (Lipinski definition) is 5. The van der Waals surface area contributed by atoms with Crippen LogP contribution in [0.2, 0.25) is 0 Å². The molecule has 1 unspecified atom stereocenters. The zero-order chi connectivity index (χ0) is 23.3. The minimum absolute atomic E-state index is 0.0182. The van der Waals surface area contributed by atoms with E-state index in [0.717, 1.165) is 18.9 Å². The van der Waals surface area contributed by atoms with Gasteiger partial charge in [-0.3, -0.25) is 20.4 Å². The quantitative estimate of drug-likeness (QED) is 0.231. The molecule has 0 radical (unpaired) electrons. The summed E-state index contributed by atoms with van der Waals surface area (Å²) in [5, 5.41) is 14.3. The van der Waals surface area contributed by atoms with Crippen LogP contribution in [0.15, 0.2) is 6.07 Å². The summed E-state index contributed by atoms with van der Waals surface area (Å²) in [6.07, 6.45) is 1.61. The zero-order valence-corrected chi connectivity index (χ0v) is 18.4. The summed E-state index contributed by atoms with van der Waals surface area (Å²) < 4.78 is 20.2. The highest BCUT2D eigenvalue weighted by molar-refractivity contribution is 6.06. The summed E-state index contributed by atoms with van der Waals surface area (Å²) in [5.41, 5.74) is 4.50. The van der Waals surface area contributed by atoms with Crippen LogP contribution in [-0.2, 0) is 9.53 Å². The average Bonchev–Trinajstić information content (AvgIpc) is 3.44. The number of benzene rings is 1. The molecule has 0 spiro atoms. The van der Waals surface area contributed by atoms with Crippen molar-refractivity contribution in [2.24, 2.45) is 0 Å². The second-order valence-electron chi connectivity index (χ2n) is 8.65. The molecule has 0 aromatic heterocycles. The van der Waals surface area contributed by atoms with E-state index < -0.39 is 29.5 Å². The Kier molecular flexibility index (Phi) is 7.59. The van der Waals surface area contributed by atoms with Crippen LogP contribution in [0.5, 0.6) is 0 Å². The maximum atomic E-state index is 15.0. The second-order valence-corrected chi connectivity index (χ2v) is 8.65. The molecule has 10 heteroatoms. The summed E-state index contributed by atoms with van der Waals surface area (Å²) >= 11 is 0. The SMILES string of the molecule is Cc1c(NC2CC2)c(C(=O)NNC=O)cc(F)c1C(=N)CC(C)NC(=O)OC(C)(C)C. The molecule has 0 heterocycles. The molecular weight excluding hydrogens is 405 g/mol. The van der Waals surface area contributed by atoms with Crippen LogP contribution >= 0.6 is 0 Å². The van der Waals surface area contributed by atoms with Crippen molar-refractivity contribution >= 4 is 29.8 Å². The smallest absolute Gasteiger partial charge is 0.407 e. The molecule has 1 aromatic rings. The lowest BCUT2D eigenvalue weighted by molar-refractivity contribution is -0.110. The molecule has 0 bridgehead atoms. The molecule has 2 rings (SSSR count). The Hall–Kier alpha value is -3.17. The van der Waals surface area contributed by atoms with Crippen molar-refractivity contribution in [1.82, 2.24) is 16.2 Å². The number of halogens is 1. The van der Waals surface area contributed by atoms with Crippen molar-refractivity contribution in [2.45, 2.75) is 71.6 Å². The Morgan fingerprint density at radius 3 is 2.55 bits per heavy atom. The molecule has 0 saturated heterocycles. The van der Waals surface area contributed by atoms with Crippen molar-refractivity contribution in [3.05, 3.63) is 28.6 Å². The summed E-state index contributed by atoms with van der Waals surface area (Å²) in [4.78, 5) is 34.8. The molecule has 5 N–H and O–H groups in total. The van der Waals surface area contributed by atoms with Crippen molar-refractivity contribution < 1.29 is 23.5 Å². The molecule has 1 fully saturated rings. The van der Waals surface area contributed by atoms with Gasteiger partial charge in [0.25, 0.3) is 5.91 Å². The highest BCUT2D eigenvalue weighted by Gasteiger charge is 2.28. The first-order chi connectivity index (χ1) is 14.4. The number of amides is 3. The standard InChI is InChI=1S/C21H30FN5O4/c1-11(25-20(30)31-21(3,4)5)8-16(23)17-12(2)18(26-13-6-7-13)14(9-15(17)22)19(29)27-24-10-28/h9-11,13,23,26H,6-8H2,1-5H3,(H,24,28)(H,25,30)(H,27,29). The monoisotopic (exact) mass is 435 g/mol. The van der Waals surface area contributed by atoms with Crippen LogP contribution in [0.1, 0.15) is 68.4 Å². The molecule has 0 aliphatic heterocycles. The van der Waals surface area contributed by atoms with E-state index in [1.807, 2.05) is 0 Å². The van der Waals surface area contributed by atoms with Gasteiger partial charge in [0.2, 0.25) is 6.41 Å². The lowest BCUT2D eigenvalue weighted by atomic mass is 9.94. The summed E-state index contributed by atoms with van der Waals surface area (Å²) in [6, 6.07) is 0.750. The zero-order valence-electron chi connectivity index (χ0n) is 18.4. The third-order valence-corrected chi connectivity index (χ3v) is 4.52. The molecule has 1 aliphatic rings. The number of carbonyl (C=O) groups excluding carboxylic acids is 3. The molecule has 9 nitrogen and oxygen atoms in total. The van der Waals surface area contributed by atoms with Gasteiger partial charge in [0.1, 0.15) is 11.4 Å². The van der Waals surface area contributed by atoms with Gasteiger partial charge in [0.15, 0.2) is 0 Å². The number of hydrogen-bond acceptors (Lipinski definition) is 6. The van der Waals surface area contributed by atoms with Crippen molar-refractivity contribution in [3.63, 3.8) is 0 Å². The molecule has 1 atom stereocenters. The first kappa shape index (κ1) is 24.1. The normalized spacial score (nSPS) is 14.3. The lowest BCUT2D eigenvalue weighted by Crippen LogP contribution is -2.39. The molecule has 1 aliphatic carbocycles. The van der Waals surface area contributed by atoms with Gasteiger partial charge in [-0.2, -0.15) is 0 Å². The van der Waals surface area contributed by atoms with Gasteiger partial charge >= 0.3 is 6.09 Å². The Labute approximate surface area is 181 Å². The third kappa shape index (κ3) is 6.94. The Morgan fingerprint density at radius 1 is 1.35 bits per heavy atom. The molecule has 3 amide bonds. The fourth-order valence-corrected chi connectivity index (χ4v) is 3.07. The van der Waals surface area contributed by atoms with Gasteiger partial charge < -0.3 is 20.8 Å². The number of rotatable bonds is 9. The van der Waals surface area contributed by atoms with E-state index in [4.69, 9.17) is 10.1 Å². The summed E-state index contributed by atoms with van der Waals surface area (Å²) in [7, 11) is 0. The highest BCUT2D eigenvalue weighted by Crippen LogP contribution is 2.33. The highest BCUT2D eigenvalue weighted by atomic mass is 19.1. The average molecular weight is 436 g/mol. The number of nitrogens with one attached hydrogen (secondary N) is 5. The van der Waals surface area contributed by atoms with Crippen molar-refractivity contribution in [3.8, 4) is 0 Å². The molecule has 1 aromatic carbocycles. The number of ether oxygens (including phenoxy) is 1. The predicted octanol–water partition coefficient (Wildman–Crippen LogP) is 2.77. The van der Waals surface area contributed by atoms with Gasteiger partial charge in [-0.1, -0.05) is 0 Å². The third-order valence-electron chi connectivity index (χ3n) is 4.52. The number of anilines is 1. The minimum atomic E-state index is -0.732. The van der Waals surface area contributed by atoms with E-state index in [1.165, 1.54) is 0 Å². The fraction of sp³-hybridized carbons (Fsp3) is 0.524. The van der Waals surface area contributed by atoms with E-state index in [0.29, 0.717) is 17.7 Å². The summed E-state index contributed by atoms with van der Waals surface area (Å²) in [6.45, 7) is 8.56. The number of alkyl carbamates (subject to hydrolysis) is 1. The Bertz CT molecular complexity index is 878. The maximum absolute atomic E-state index is 15.0. The van der Waals surface area contributed by atoms with Crippen LogP contribution < -0.4 is 21.5 Å². The first-order valence-corrected chi connectivity index (χ1v) is 10.1. The second kappa shape index (κ2) is 9.76. The Balaban J connectivity index is 2.24. The van der Waals surface area contributed by atoms with Crippen LogP contribution in [0, 0.1) is 18.2 Å². The molecule has 31 heavy (non-hydrogen) atoms. The van der Waals surface area contributed by atoms with Crippen molar-refractivity contribution in [2.75, 3.05) is 5.32 Å².